The maximum Gasteiger partial charge on any atom is 0.306 e. The van der Waals surface area contributed by atoms with Gasteiger partial charge < -0.3 is 10.8 Å². The quantitative estimate of drug-likeness (QED) is 0.798. The largest absolute Gasteiger partial charge is 0.481 e. The second-order valence-electron chi connectivity index (χ2n) is 3.92. The van der Waals surface area contributed by atoms with Crippen molar-refractivity contribution in [2.45, 2.75) is 19.4 Å². The van der Waals surface area contributed by atoms with Crippen LogP contribution < -0.4 is 5.73 Å². The molecule has 2 rings (SSSR count). The van der Waals surface area contributed by atoms with Crippen molar-refractivity contribution in [1.82, 2.24) is 15.1 Å². The zero-order valence-electron chi connectivity index (χ0n) is 8.80. The van der Waals surface area contributed by atoms with E-state index in [1.807, 2.05) is 0 Å². The highest BCUT2D eigenvalue weighted by atomic mass is 32.1. The molecule has 2 heterocycles. The van der Waals surface area contributed by atoms with Crippen LogP contribution in [0.5, 0.6) is 0 Å². The number of anilines is 1. The number of aliphatic carboxylic acids is 1. The Labute approximate surface area is 97.1 Å². The highest BCUT2D eigenvalue weighted by molar-refractivity contribution is 7.15. The Morgan fingerprint density at radius 3 is 2.69 bits per heavy atom. The average Bonchev–Trinajstić information content (AvgIpc) is 2.65. The molecule has 1 aliphatic heterocycles. The van der Waals surface area contributed by atoms with E-state index in [-0.39, 0.29) is 5.92 Å². The number of carboxylic acids is 1. The summed E-state index contributed by atoms with van der Waals surface area (Å²) in [6.45, 7) is 2.33. The van der Waals surface area contributed by atoms with Crippen LogP contribution in [0.3, 0.4) is 0 Å². The summed E-state index contributed by atoms with van der Waals surface area (Å²) in [6.07, 6.45) is 1.42. The van der Waals surface area contributed by atoms with Crippen LogP contribution in [0.1, 0.15) is 17.8 Å². The van der Waals surface area contributed by atoms with Crippen LogP contribution in [0.2, 0.25) is 0 Å². The molecule has 0 saturated carbocycles. The Balaban J connectivity index is 1.83. The summed E-state index contributed by atoms with van der Waals surface area (Å²) < 4.78 is 0. The number of hydrogen-bond acceptors (Lipinski definition) is 6. The molecule has 6 nitrogen and oxygen atoms in total. The second kappa shape index (κ2) is 4.75. The van der Waals surface area contributed by atoms with Gasteiger partial charge in [0.25, 0.3) is 0 Å². The maximum atomic E-state index is 10.8. The number of piperidine rings is 1. The van der Waals surface area contributed by atoms with Crippen molar-refractivity contribution in [2.75, 3.05) is 18.8 Å². The molecule has 0 bridgehead atoms. The number of nitrogens with two attached hydrogens (primary N) is 1. The van der Waals surface area contributed by atoms with Gasteiger partial charge in [-0.2, -0.15) is 0 Å². The minimum Gasteiger partial charge on any atom is -0.481 e. The van der Waals surface area contributed by atoms with Crippen LogP contribution in [0.15, 0.2) is 0 Å². The van der Waals surface area contributed by atoms with Crippen molar-refractivity contribution in [1.29, 1.82) is 0 Å². The van der Waals surface area contributed by atoms with Gasteiger partial charge in [-0.1, -0.05) is 11.3 Å². The fourth-order valence-electron chi connectivity index (χ4n) is 1.86. The highest BCUT2D eigenvalue weighted by Crippen LogP contribution is 2.20. The zero-order chi connectivity index (χ0) is 11.5. The Morgan fingerprint density at radius 1 is 1.50 bits per heavy atom. The second-order valence-corrected chi connectivity index (χ2v) is 5.02. The van der Waals surface area contributed by atoms with Crippen LogP contribution in [-0.4, -0.2) is 39.3 Å². The summed E-state index contributed by atoms with van der Waals surface area (Å²) in [6, 6.07) is 0. The molecule has 0 aliphatic carbocycles. The summed E-state index contributed by atoms with van der Waals surface area (Å²) in [4.78, 5) is 13.0. The maximum absolute atomic E-state index is 10.8. The molecule has 88 valence electrons. The fourth-order valence-corrected chi connectivity index (χ4v) is 2.51. The number of aromatic nitrogens is 2. The zero-order valence-corrected chi connectivity index (χ0v) is 9.61. The molecule has 3 N–H and O–H groups in total. The average molecular weight is 242 g/mol. The summed E-state index contributed by atoms with van der Waals surface area (Å²) in [5.74, 6) is -0.865. The Morgan fingerprint density at radius 2 is 2.19 bits per heavy atom. The van der Waals surface area contributed by atoms with Gasteiger partial charge in [-0.05, 0) is 25.9 Å². The van der Waals surface area contributed by atoms with Crippen molar-refractivity contribution >= 4 is 22.4 Å². The third-order valence-electron chi connectivity index (χ3n) is 2.78. The van der Waals surface area contributed by atoms with Crippen molar-refractivity contribution in [3.63, 3.8) is 0 Å². The van der Waals surface area contributed by atoms with E-state index in [0.29, 0.717) is 18.0 Å². The molecule has 1 aromatic rings. The third-order valence-corrected chi connectivity index (χ3v) is 3.52. The lowest BCUT2D eigenvalue weighted by molar-refractivity contribution is -0.143. The summed E-state index contributed by atoms with van der Waals surface area (Å²) in [5, 5.41) is 17.9. The predicted octanol–water partition coefficient (Wildman–Crippen LogP) is 0.417. The smallest absolute Gasteiger partial charge is 0.306 e. The van der Waals surface area contributed by atoms with Crippen LogP contribution in [0.25, 0.3) is 0 Å². The molecule has 0 atom stereocenters. The van der Waals surface area contributed by atoms with Gasteiger partial charge in [-0.25, -0.2) is 0 Å². The Kier molecular flexibility index (Phi) is 3.35. The van der Waals surface area contributed by atoms with Crippen molar-refractivity contribution < 1.29 is 9.90 Å². The SMILES string of the molecule is Nc1nnc(CN2CCC(C(=O)O)CC2)s1. The first-order valence-corrected chi connectivity index (χ1v) is 6.00. The number of likely N-dealkylation sites (tertiary alicyclic amines) is 1. The molecule has 1 fully saturated rings. The first-order chi connectivity index (χ1) is 7.65. The van der Waals surface area contributed by atoms with Crippen molar-refractivity contribution in [2.24, 2.45) is 5.92 Å². The van der Waals surface area contributed by atoms with Gasteiger partial charge in [0, 0.05) is 0 Å². The topological polar surface area (TPSA) is 92.3 Å². The van der Waals surface area contributed by atoms with Gasteiger partial charge in [0.2, 0.25) is 5.13 Å². The molecule has 0 radical (unpaired) electrons. The number of carbonyl (C=O) groups is 1. The molecule has 0 aromatic carbocycles. The molecule has 0 spiro atoms. The van der Waals surface area contributed by atoms with E-state index in [1.165, 1.54) is 11.3 Å². The van der Waals surface area contributed by atoms with E-state index in [1.54, 1.807) is 0 Å². The van der Waals surface area contributed by atoms with Gasteiger partial charge >= 0.3 is 5.97 Å². The lowest BCUT2D eigenvalue weighted by Crippen LogP contribution is -2.35. The predicted molar refractivity (Wildman–Crippen MR) is 60.0 cm³/mol. The number of carboxylic acid groups (broad SMARTS) is 1. The standard InChI is InChI=1S/C9H14N4O2S/c10-9-12-11-7(16-9)5-13-3-1-6(2-4-13)8(14)15/h6H,1-5H2,(H2,10,12)(H,14,15). The van der Waals surface area contributed by atoms with Crippen LogP contribution in [0.4, 0.5) is 5.13 Å². The van der Waals surface area contributed by atoms with E-state index in [2.05, 4.69) is 15.1 Å². The number of nitrogen functional groups attached to an aromatic ring is 1. The fraction of sp³-hybridized carbons (Fsp3) is 0.667. The minimum atomic E-state index is -0.681. The molecular formula is C9H14N4O2S. The Bertz CT molecular complexity index is 373. The van der Waals surface area contributed by atoms with Gasteiger partial charge in [-0.3, -0.25) is 9.69 Å². The van der Waals surface area contributed by atoms with Gasteiger partial charge in [0.15, 0.2) is 0 Å². The van der Waals surface area contributed by atoms with Gasteiger partial charge in [-0.15, -0.1) is 10.2 Å². The molecule has 0 unspecified atom stereocenters. The first-order valence-electron chi connectivity index (χ1n) is 5.18. The summed E-state index contributed by atoms with van der Waals surface area (Å²) in [5.41, 5.74) is 5.49. The normalized spacial score (nSPS) is 18.8. The molecule has 1 aromatic heterocycles. The van der Waals surface area contributed by atoms with Crippen LogP contribution >= 0.6 is 11.3 Å². The number of hydrogen-bond donors (Lipinski definition) is 2. The van der Waals surface area contributed by atoms with E-state index >= 15 is 0 Å². The highest BCUT2D eigenvalue weighted by Gasteiger charge is 2.24. The van der Waals surface area contributed by atoms with Crippen LogP contribution in [0, 0.1) is 5.92 Å². The minimum absolute atomic E-state index is 0.185. The molecule has 7 heteroatoms. The van der Waals surface area contributed by atoms with Crippen molar-refractivity contribution in [3.05, 3.63) is 5.01 Å². The summed E-state index contributed by atoms with van der Waals surface area (Å²) in [7, 11) is 0. The summed E-state index contributed by atoms with van der Waals surface area (Å²) >= 11 is 1.39. The molecular weight excluding hydrogens is 228 g/mol. The molecule has 16 heavy (non-hydrogen) atoms. The molecule has 1 saturated heterocycles. The van der Waals surface area contributed by atoms with E-state index in [0.717, 1.165) is 24.6 Å². The molecule has 1 aliphatic rings. The third kappa shape index (κ3) is 2.67. The van der Waals surface area contributed by atoms with Gasteiger partial charge in [0.1, 0.15) is 5.01 Å². The van der Waals surface area contributed by atoms with Crippen LogP contribution in [-0.2, 0) is 11.3 Å². The van der Waals surface area contributed by atoms with Crippen molar-refractivity contribution in [3.8, 4) is 0 Å². The number of nitrogens with zero attached hydrogens (tertiary/aromatic N) is 3. The Hall–Kier alpha value is -1.21. The lowest BCUT2D eigenvalue weighted by Gasteiger charge is -2.28. The monoisotopic (exact) mass is 242 g/mol. The van der Waals surface area contributed by atoms with E-state index in [4.69, 9.17) is 10.8 Å². The molecule has 0 amide bonds. The lowest BCUT2D eigenvalue weighted by atomic mass is 9.97. The van der Waals surface area contributed by atoms with E-state index in [9.17, 15) is 4.79 Å². The van der Waals surface area contributed by atoms with Gasteiger partial charge in [0.05, 0.1) is 12.5 Å². The number of rotatable bonds is 3. The first kappa shape index (κ1) is 11.3. The van der Waals surface area contributed by atoms with E-state index < -0.39 is 5.97 Å².